The molecule has 0 bridgehead atoms. The third-order valence-corrected chi connectivity index (χ3v) is 7.27. The normalized spacial score (nSPS) is 11.6. The summed E-state index contributed by atoms with van der Waals surface area (Å²) in [7, 11) is 0. The van der Waals surface area contributed by atoms with Crippen molar-refractivity contribution in [2.75, 3.05) is 26.3 Å². The Bertz CT molecular complexity index is 1380. The SMILES string of the molecule is O=C(NCCOc1cc2cc(S(=O)O)sc2cc1OCCNC(=O)c1cccc(O)c1)c1cccc(O)c1. The zero-order chi connectivity index (χ0) is 27.1. The predicted molar refractivity (Wildman–Crippen MR) is 143 cm³/mol. The second-order valence-corrected chi connectivity index (χ2v) is 10.2. The summed E-state index contributed by atoms with van der Waals surface area (Å²) in [6, 6.07) is 16.9. The van der Waals surface area contributed by atoms with E-state index in [2.05, 4.69) is 10.6 Å². The average molecular weight is 557 g/mol. The van der Waals surface area contributed by atoms with E-state index in [9.17, 15) is 28.6 Å². The molecule has 0 aliphatic heterocycles. The number of carbonyl (C=O) groups excluding carboxylic acids is 2. The molecule has 12 heteroatoms. The van der Waals surface area contributed by atoms with Crippen LogP contribution in [0.3, 0.4) is 0 Å². The number of carbonyl (C=O) groups is 2. The lowest BCUT2D eigenvalue weighted by molar-refractivity contribution is 0.0936. The molecule has 10 nitrogen and oxygen atoms in total. The Kier molecular flexibility index (Phi) is 8.79. The second kappa shape index (κ2) is 12.4. The fraction of sp³-hybridized carbons (Fsp3) is 0.154. The van der Waals surface area contributed by atoms with Gasteiger partial charge in [-0.25, -0.2) is 4.21 Å². The van der Waals surface area contributed by atoms with Crippen molar-refractivity contribution in [3.8, 4) is 23.0 Å². The van der Waals surface area contributed by atoms with Crippen LogP contribution in [-0.4, -0.2) is 57.1 Å². The summed E-state index contributed by atoms with van der Waals surface area (Å²) in [5.74, 6) is -0.0432. The van der Waals surface area contributed by atoms with Gasteiger partial charge >= 0.3 is 0 Å². The highest BCUT2D eigenvalue weighted by atomic mass is 32.2. The molecule has 0 saturated heterocycles. The van der Waals surface area contributed by atoms with E-state index in [1.54, 1.807) is 42.5 Å². The summed E-state index contributed by atoms with van der Waals surface area (Å²) in [6.07, 6.45) is 0. The number of phenols is 2. The molecular weight excluding hydrogens is 532 g/mol. The van der Waals surface area contributed by atoms with Crippen molar-refractivity contribution < 1.29 is 38.0 Å². The zero-order valence-corrected chi connectivity index (χ0v) is 21.5. The van der Waals surface area contributed by atoms with Crippen molar-refractivity contribution in [3.05, 3.63) is 77.9 Å². The summed E-state index contributed by atoms with van der Waals surface area (Å²) in [5.41, 5.74) is 0.623. The first-order chi connectivity index (χ1) is 18.3. The fourth-order valence-electron chi connectivity index (χ4n) is 3.48. The molecule has 0 spiro atoms. The monoisotopic (exact) mass is 556 g/mol. The first kappa shape index (κ1) is 26.9. The lowest BCUT2D eigenvalue weighted by Gasteiger charge is -2.14. The maximum Gasteiger partial charge on any atom is 0.251 e. The van der Waals surface area contributed by atoms with E-state index in [0.717, 1.165) is 11.3 Å². The molecule has 4 rings (SSSR count). The Morgan fingerprint density at radius 2 is 1.32 bits per heavy atom. The smallest absolute Gasteiger partial charge is 0.251 e. The number of hydrogen-bond donors (Lipinski definition) is 5. The van der Waals surface area contributed by atoms with Crippen molar-refractivity contribution >= 4 is 44.3 Å². The number of benzene rings is 3. The number of aromatic hydroxyl groups is 2. The predicted octanol–water partition coefficient (Wildman–Crippen LogP) is 3.51. The van der Waals surface area contributed by atoms with E-state index in [0.29, 0.717) is 32.7 Å². The zero-order valence-electron chi connectivity index (χ0n) is 19.9. The molecule has 0 radical (unpaired) electrons. The molecule has 0 aliphatic rings. The molecule has 198 valence electrons. The van der Waals surface area contributed by atoms with E-state index in [4.69, 9.17) is 9.47 Å². The third-order valence-electron chi connectivity index (χ3n) is 5.24. The van der Waals surface area contributed by atoms with Crippen molar-refractivity contribution in [3.63, 3.8) is 0 Å². The topological polar surface area (TPSA) is 154 Å². The highest BCUT2D eigenvalue weighted by Gasteiger charge is 2.14. The number of fused-ring (bicyclic) bond motifs is 1. The minimum atomic E-state index is -2.13. The Labute approximate surface area is 224 Å². The van der Waals surface area contributed by atoms with Crippen LogP contribution in [0.2, 0.25) is 0 Å². The molecule has 0 fully saturated rings. The van der Waals surface area contributed by atoms with Gasteiger partial charge in [0.2, 0.25) is 0 Å². The number of rotatable bonds is 11. The number of thiophene rings is 1. The van der Waals surface area contributed by atoms with Gasteiger partial charge in [-0.15, -0.1) is 11.3 Å². The molecular formula is C26H24N2O8S2. The van der Waals surface area contributed by atoms with Crippen LogP contribution >= 0.6 is 11.3 Å². The summed E-state index contributed by atoms with van der Waals surface area (Å²) in [5, 5.41) is 25.2. The van der Waals surface area contributed by atoms with E-state index < -0.39 is 11.1 Å². The van der Waals surface area contributed by atoms with Gasteiger partial charge in [0, 0.05) is 21.9 Å². The molecule has 0 aliphatic carbocycles. The average Bonchev–Trinajstić information content (AvgIpc) is 3.32. The van der Waals surface area contributed by atoms with E-state index in [1.165, 1.54) is 24.3 Å². The van der Waals surface area contributed by atoms with E-state index in [1.807, 2.05) is 0 Å². The Morgan fingerprint density at radius 3 is 1.82 bits per heavy atom. The van der Waals surface area contributed by atoms with Crippen LogP contribution in [0.25, 0.3) is 10.1 Å². The van der Waals surface area contributed by atoms with Gasteiger partial charge in [-0.2, -0.15) is 0 Å². The van der Waals surface area contributed by atoms with Crippen LogP contribution in [-0.2, 0) is 11.1 Å². The minimum absolute atomic E-state index is 0.0128. The van der Waals surface area contributed by atoms with Gasteiger partial charge in [-0.1, -0.05) is 12.1 Å². The first-order valence-corrected chi connectivity index (χ1v) is 13.3. The minimum Gasteiger partial charge on any atom is -0.508 e. The van der Waals surface area contributed by atoms with Crippen LogP contribution in [0.5, 0.6) is 23.0 Å². The molecule has 5 N–H and O–H groups in total. The highest BCUT2D eigenvalue weighted by Crippen LogP contribution is 2.37. The molecule has 3 aromatic carbocycles. The molecule has 38 heavy (non-hydrogen) atoms. The van der Waals surface area contributed by atoms with Crippen LogP contribution in [0, 0.1) is 0 Å². The van der Waals surface area contributed by atoms with Gasteiger partial charge in [0.15, 0.2) is 22.6 Å². The Hall–Kier alpha value is -4.13. The Balaban J connectivity index is 1.38. The van der Waals surface area contributed by atoms with Crippen molar-refractivity contribution in [2.24, 2.45) is 0 Å². The third kappa shape index (κ3) is 7.00. The van der Waals surface area contributed by atoms with Gasteiger partial charge < -0.3 is 34.9 Å². The number of ether oxygens (including phenoxy) is 2. The summed E-state index contributed by atoms with van der Waals surface area (Å²) >= 11 is -0.987. The molecule has 0 saturated carbocycles. The highest BCUT2D eigenvalue weighted by molar-refractivity contribution is 7.82. The quantitative estimate of drug-likeness (QED) is 0.139. The molecule has 1 unspecified atom stereocenters. The lowest BCUT2D eigenvalue weighted by Crippen LogP contribution is -2.28. The molecule has 1 atom stereocenters. The second-order valence-electron chi connectivity index (χ2n) is 7.96. The van der Waals surface area contributed by atoms with Crippen LogP contribution < -0.4 is 20.1 Å². The summed E-state index contributed by atoms with van der Waals surface area (Å²) in [6.45, 7) is 0.540. The fourth-order valence-corrected chi connectivity index (χ4v) is 5.07. The molecule has 1 heterocycles. The number of hydrogen-bond acceptors (Lipinski definition) is 8. The Morgan fingerprint density at radius 1 is 0.789 bits per heavy atom. The van der Waals surface area contributed by atoms with Crippen molar-refractivity contribution in [1.29, 1.82) is 0 Å². The van der Waals surface area contributed by atoms with Gasteiger partial charge in [-0.3, -0.25) is 9.59 Å². The van der Waals surface area contributed by atoms with E-state index >= 15 is 0 Å². The lowest BCUT2D eigenvalue weighted by atomic mass is 10.2. The number of phenolic OH excluding ortho intramolecular Hbond substituents is 2. The summed E-state index contributed by atoms with van der Waals surface area (Å²) < 4.78 is 33.6. The first-order valence-electron chi connectivity index (χ1n) is 11.4. The standard InChI is InChI=1S/C26H24N2O8S2/c29-19-5-1-3-16(11-19)25(31)27-7-9-35-21-13-18-14-24(38(33)34)37-23(18)15-22(21)36-10-8-28-26(32)17-4-2-6-20(30)12-17/h1-6,11-15,29-30H,7-10H2,(H,27,31)(H,28,32)(H,33,34). The van der Waals surface area contributed by atoms with Gasteiger partial charge in [0.1, 0.15) is 28.9 Å². The molecule has 4 aromatic rings. The number of nitrogens with one attached hydrogen (secondary N) is 2. The maximum absolute atomic E-state index is 12.3. The van der Waals surface area contributed by atoms with Gasteiger partial charge in [0.05, 0.1) is 13.1 Å². The van der Waals surface area contributed by atoms with Gasteiger partial charge in [-0.05, 0) is 53.9 Å². The van der Waals surface area contributed by atoms with Crippen molar-refractivity contribution in [1.82, 2.24) is 10.6 Å². The largest absolute Gasteiger partial charge is 0.508 e. The van der Waals surface area contributed by atoms with Gasteiger partial charge in [0.25, 0.3) is 11.8 Å². The van der Waals surface area contributed by atoms with E-state index in [-0.39, 0.29) is 53.8 Å². The van der Waals surface area contributed by atoms with Crippen LogP contribution in [0.15, 0.2) is 70.9 Å². The molecule has 1 aromatic heterocycles. The van der Waals surface area contributed by atoms with Crippen molar-refractivity contribution in [2.45, 2.75) is 4.21 Å². The number of amides is 2. The van der Waals surface area contributed by atoms with Crippen LogP contribution in [0.1, 0.15) is 20.7 Å². The van der Waals surface area contributed by atoms with Crippen LogP contribution in [0.4, 0.5) is 0 Å². The maximum atomic E-state index is 12.3. The summed E-state index contributed by atoms with van der Waals surface area (Å²) in [4.78, 5) is 24.5. The molecule has 2 amide bonds.